The molecule has 0 saturated heterocycles. The van der Waals surface area contributed by atoms with Gasteiger partial charge in [0.05, 0.1) is 24.3 Å². The van der Waals surface area contributed by atoms with E-state index in [0.717, 1.165) is 46.6 Å². The lowest BCUT2D eigenvalue weighted by Gasteiger charge is -2.22. The molecule has 0 saturated carbocycles. The standard InChI is InChI=1S/C49H46O14/c1-7-43(50)58-29-37(60-45(52)9-3)23-25-56-33-15-11-31(12-16-33)47(54)62-35-19-21-39-40-22-20-36(28-42(40)49(5,6)41(39)27-35)63-48(55)32-13-17-34(18-14-32)57-26-24-38(61-46(53)10-4)30-59-44(51)8-2/h7-22,27-28,37-38H,1-4,23-26,29-30H2,5-6H3. The van der Waals surface area contributed by atoms with Crippen molar-refractivity contribution in [2.75, 3.05) is 26.4 Å². The van der Waals surface area contributed by atoms with Crippen LogP contribution in [-0.4, -0.2) is 74.5 Å². The second-order valence-electron chi connectivity index (χ2n) is 14.3. The molecule has 0 fully saturated rings. The molecule has 326 valence electrons. The minimum atomic E-state index is -0.765. The molecule has 63 heavy (non-hydrogen) atoms. The fourth-order valence-corrected chi connectivity index (χ4v) is 6.39. The Balaban J connectivity index is 1.14. The van der Waals surface area contributed by atoms with Gasteiger partial charge in [0.2, 0.25) is 0 Å². The number of hydrogen-bond acceptors (Lipinski definition) is 14. The van der Waals surface area contributed by atoms with E-state index in [1.807, 2.05) is 38.1 Å². The Hall–Kier alpha value is -7.74. The molecule has 0 aliphatic heterocycles. The van der Waals surface area contributed by atoms with Crippen LogP contribution in [0.1, 0.15) is 58.5 Å². The first kappa shape index (κ1) is 46.3. The van der Waals surface area contributed by atoms with Crippen molar-refractivity contribution in [2.45, 2.75) is 44.3 Å². The van der Waals surface area contributed by atoms with Gasteiger partial charge in [-0.2, -0.15) is 0 Å². The summed E-state index contributed by atoms with van der Waals surface area (Å²) < 4.78 is 43.5. The minimum absolute atomic E-state index is 0.120. The Labute approximate surface area is 364 Å². The van der Waals surface area contributed by atoms with Gasteiger partial charge < -0.3 is 37.9 Å². The number of rotatable bonds is 22. The van der Waals surface area contributed by atoms with Crippen molar-refractivity contribution in [3.05, 3.63) is 158 Å². The van der Waals surface area contributed by atoms with E-state index in [9.17, 15) is 28.8 Å². The van der Waals surface area contributed by atoms with Crippen LogP contribution in [0.5, 0.6) is 23.0 Å². The quantitative estimate of drug-likeness (QED) is 0.0326. The monoisotopic (exact) mass is 858 g/mol. The van der Waals surface area contributed by atoms with Gasteiger partial charge in [0.25, 0.3) is 0 Å². The van der Waals surface area contributed by atoms with Crippen molar-refractivity contribution in [1.29, 1.82) is 0 Å². The molecular formula is C49H46O14. The van der Waals surface area contributed by atoms with E-state index in [-0.39, 0.29) is 50.4 Å². The van der Waals surface area contributed by atoms with E-state index in [0.29, 0.717) is 23.0 Å². The zero-order chi connectivity index (χ0) is 45.5. The Morgan fingerprint density at radius 1 is 0.508 bits per heavy atom. The molecule has 1 aliphatic carbocycles. The molecule has 0 heterocycles. The van der Waals surface area contributed by atoms with E-state index >= 15 is 0 Å². The topological polar surface area (TPSA) is 176 Å². The van der Waals surface area contributed by atoms with E-state index < -0.39 is 53.4 Å². The largest absolute Gasteiger partial charge is 0.493 e. The summed E-state index contributed by atoms with van der Waals surface area (Å²) in [7, 11) is 0. The third-order valence-corrected chi connectivity index (χ3v) is 9.69. The molecule has 0 aromatic heterocycles. The summed E-state index contributed by atoms with van der Waals surface area (Å²) in [5.41, 5.74) is 3.78. The number of benzene rings is 4. The number of esters is 6. The van der Waals surface area contributed by atoms with E-state index in [2.05, 4.69) is 26.3 Å². The van der Waals surface area contributed by atoms with Gasteiger partial charge in [-0.1, -0.05) is 52.3 Å². The van der Waals surface area contributed by atoms with Crippen LogP contribution >= 0.6 is 0 Å². The van der Waals surface area contributed by atoms with E-state index in [1.54, 1.807) is 60.7 Å². The van der Waals surface area contributed by atoms with Crippen LogP contribution in [0.2, 0.25) is 0 Å². The second-order valence-corrected chi connectivity index (χ2v) is 14.3. The zero-order valence-corrected chi connectivity index (χ0v) is 34.8. The lowest BCUT2D eigenvalue weighted by Crippen LogP contribution is -2.26. The van der Waals surface area contributed by atoms with Crippen LogP contribution in [0.25, 0.3) is 11.1 Å². The predicted octanol–water partition coefficient (Wildman–Crippen LogP) is 7.62. The molecule has 14 nitrogen and oxygen atoms in total. The number of carbonyl (C=O) groups is 6. The summed E-state index contributed by atoms with van der Waals surface area (Å²) >= 11 is 0. The number of carbonyl (C=O) groups excluding carboxylic acids is 6. The maximum absolute atomic E-state index is 13.2. The first-order valence-corrected chi connectivity index (χ1v) is 19.7. The van der Waals surface area contributed by atoms with Crippen molar-refractivity contribution in [3.63, 3.8) is 0 Å². The van der Waals surface area contributed by atoms with Crippen molar-refractivity contribution < 1.29 is 66.7 Å². The molecule has 14 heteroatoms. The van der Waals surface area contributed by atoms with Crippen LogP contribution in [0.4, 0.5) is 0 Å². The average Bonchev–Trinajstić information content (AvgIpc) is 3.51. The van der Waals surface area contributed by atoms with Gasteiger partial charge in [-0.15, -0.1) is 0 Å². The third kappa shape index (κ3) is 12.6. The Bertz CT molecular complexity index is 2210. The van der Waals surface area contributed by atoms with Gasteiger partial charge >= 0.3 is 35.8 Å². The Kier molecular flexibility index (Phi) is 15.9. The summed E-state index contributed by atoms with van der Waals surface area (Å²) in [5, 5.41) is 0. The molecule has 0 N–H and O–H groups in total. The van der Waals surface area contributed by atoms with Crippen molar-refractivity contribution in [1.82, 2.24) is 0 Å². The van der Waals surface area contributed by atoms with E-state index in [4.69, 9.17) is 37.9 Å². The SMILES string of the molecule is C=CC(=O)OCC(CCOc1ccc(C(=O)Oc2ccc3c(c2)C(C)(C)c2cc(OC(=O)c4ccc(OCCC(COC(=O)C=C)OC(=O)C=C)cc4)ccc2-3)cc1)OC(=O)C=C. The number of fused-ring (bicyclic) bond motifs is 3. The Morgan fingerprint density at radius 2 is 0.857 bits per heavy atom. The molecule has 2 unspecified atom stereocenters. The molecule has 5 rings (SSSR count). The molecule has 0 spiro atoms. The molecule has 0 radical (unpaired) electrons. The zero-order valence-electron chi connectivity index (χ0n) is 34.8. The molecule has 1 aliphatic rings. The lowest BCUT2D eigenvalue weighted by molar-refractivity contribution is -0.153. The van der Waals surface area contributed by atoms with Crippen LogP contribution in [0, 0.1) is 0 Å². The molecular weight excluding hydrogens is 813 g/mol. The molecule has 2 atom stereocenters. The van der Waals surface area contributed by atoms with Gasteiger partial charge in [0, 0.05) is 42.6 Å². The van der Waals surface area contributed by atoms with Crippen LogP contribution in [-0.2, 0) is 43.5 Å². The minimum Gasteiger partial charge on any atom is -0.493 e. The molecule has 4 aromatic carbocycles. The maximum atomic E-state index is 13.2. The summed E-state index contributed by atoms with van der Waals surface area (Å²) in [6.45, 7) is 17.4. The molecule has 0 amide bonds. The normalized spacial score (nSPS) is 12.7. The fourth-order valence-electron chi connectivity index (χ4n) is 6.39. The van der Waals surface area contributed by atoms with Gasteiger partial charge in [-0.3, -0.25) is 0 Å². The van der Waals surface area contributed by atoms with Gasteiger partial charge in [0.15, 0.2) is 0 Å². The average molecular weight is 859 g/mol. The highest BCUT2D eigenvalue weighted by Crippen LogP contribution is 2.50. The summed E-state index contributed by atoms with van der Waals surface area (Å²) in [4.78, 5) is 72.6. The first-order chi connectivity index (χ1) is 30.2. The highest BCUT2D eigenvalue weighted by Gasteiger charge is 2.36. The van der Waals surface area contributed by atoms with E-state index in [1.165, 1.54) is 0 Å². The van der Waals surface area contributed by atoms with Crippen molar-refractivity contribution >= 4 is 35.8 Å². The molecule has 0 bridgehead atoms. The highest BCUT2D eigenvalue weighted by atomic mass is 16.6. The predicted molar refractivity (Wildman–Crippen MR) is 229 cm³/mol. The summed E-state index contributed by atoms with van der Waals surface area (Å²) in [5.74, 6) is -2.19. The summed E-state index contributed by atoms with van der Waals surface area (Å²) in [6, 6.07) is 23.6. The van der Waals surface area contributed by atoms with Crippen molar-refractivity contribution in [3.8, 4) is 34.1 Å². The summed E-state index contributed by atoms with van der Waals surface area (Å²) in [6.07, 6.45) is 2.93. The number of ether oxygens (including phenoxy) is 8. The van der Waals surface area contributed by atoms with Crippen LogP contribution in [0.15, 0.2) is 136 Å². The van der Waals surface area contributed by atoms with Gasteiger partial charge in [0.1, 0.15) is 48.4 Å². The highest BCUT2D eigenvalue weighted by molar-refractivity contribution is 5.93. The Morgan fingerprint density at radius 3 is 1.21 bits per heavy atom. The first-order valence-electron chi connectivity index (χ1n) is 19.7. The second kappa shape index (κ2) is 21.7. The van der Waals surface area contributed by atoms with Gasteiger partial charge in [-0.25, -0.2) is 28.8 Å². The van der Waals surface area contributed by atoms with Gasteiger partial charge in [-0.05, 0) is 95.1 Å². The van der Waals surface area contributed by atoms with Crippen LogP contribution < -0.4 is 18.9 Å². The lowest BCUT2D eigenvalue weighted by atomic mass is 9.82. The number of hydrogen-bond donors (Lipinski definition) is 0. The smallest absolute Gasteiger partial charge is 0.343 e. The molecule has 4 aromatic rings. The van der Waals surface area contributed by atoms with Crippen LogP contribution in [0.3, 0.4) is 0 Å². The fraction of sp³-hybridized carbons (Fsp3) is 0.224. The maximum Gasteiger partial charge on any atom is 0.343 e. The third-order valence-electron chi connectivity index (χ3n) is 9.69. The van der Waals surface area contributed by atoms with Crippen molar-refractivity contribution in [2.24, 2.45) is 0 Å².